The van der Waals surface area contributed by atoms with Gasteiger partial charge >= 0.3 is 0 Å². The molecule has 1 aromatic rings. The highest BCUT2D eigenvalue weighted by molar-refractivity contribution is 5.94. The lowest BCUT2D eigenvalue weighted by atomic mass is 10.0. The average molecular weight is 383 g/mol. The quantitative estimate of drug-likeness (QED) is 0.525. The molecule has 2 rings (SSSR count). The number of carbonyl (C=O) groups excluding carboxylic acids is 2. The van der Waals surface area contributed by atoms with Gasteiger partial charge in [0.1, 0.15) is 5.75 Å². The van der Waals surface area contributed by atoms with Crippen LogP contribution in [0.15, 0.2) is 24.3 Å². The lowest BCUT2D eigenvalue weighted by Gasteiger charge is -2.34. The van der Waals surface area contributed by atoms with Crippen LogP contribution in [0, 0.1) is 0 Å². The van der Waals surface area contributed by atoms with Gasteiger partial charge < -0.3 is 15.0 Å². The van der Waals surface area contributed by atoms with Crippen LogP contribution in [0.3, 0.4) is 0 Å². The molecule has 1 N–H and O–H groups in total. The number of nitrogens with one attached hydrogen (secondary N) is 1. The molecule has 1 fully saturated rings. The summed E-state index contributed by atoms with van der Waals surface area (Å²) in [7, 11) is 0. The summed E-state index contributed by atoms with van der Waals surface area (Å²) in [6.45, 7) is 6.97. The van der Waals surface area contributed by atoms with Crippen LogP contribution in [-0.4, -0.2) is 48.9 Å². The first-order valence-electron chi connectivity index (χ1n) is 9.35. The summed E-state index contributed by atoms with van der Waals surface area (Å²) in [5.74, 6) is 0.941. The van der Waals surface area contributed by atoms with E-state index in [2.05, 4.69) is 17.1 Å². The van der Waals surface area contributed by atoms with Crippen molar-refractivity contribution in [1.29, 1.82) is 0 Å². The van der Waals surface area contributed by atoms with Gasteiger partial charge in [-0.3, -0.25) is 9.59 Å². The van der Waals surface area contributed by atoms with E-state index in [0.717, 1.165) is 38.9 Å². The third-order valence-corrected chi connectivity index (χ3v) is 4.58. The number of rotatable bonds is 9. The molecule has 5 nitrogen and oxygen atoms in total. The molecule has 0 bridgehead atoms. The second kappa shape index (κ2) is 11.9. The first kappa shape index (κ1) is 22.5. The van der Waals surface area contributed by atoms with Crippen LogP contribution in [-0.2, 0) is 4.79 Å². The van der Waals surface area contributed by atoms with Gasteiger partial charge in [-0.05, 0) is 57.8 Å². The maximum absolute atomic E-state index is 12.6. The number of halogens is 1. The molecule has 1 aromatic carbocycles. The number of carbonyl (C=O) groups is 2. The minimum absolute atomic E-state index is 0. The van der Waals surface area contributed by atoms with E-state index in [-0.39, 0.29) is 24.1 Å². The van der Waals surface area contributed by atoms with Crippen LogP contribution in [0.5, 0.6) is 5.75 Å². The van der Waals surface area contributed by atoms with Crippen molar-refractivity contribution >= 4 is 24.1 Å². The van der Waals surface area contributed by atoms with Gasteiger partial charge in [0.25, 0.3) is 0 Å². The fraction of sp³-hybridized carbons (Fsp3) is 0.600. The molecule has 1 heterocycles. The van der Waals surface area contributed by atoms with Crippen molar-refractivity contribution in [3.8, 4) is 5.75 Å². The van der Waals surface area contributed by atoms with E-state index < -0.39 is 0 Å². The Bertz CT molecular complexity index is 574. The summed E-state index contributed by atoms with van der Waals surface area (Å²) in [5, 5.41) is 3.35. The minimum Gasteiger partial charge on any atom is -0.494 e. The fourth-order valence-corrected chi connectivity index (χ4v) is 3.23. The van der Waals surface area contributed by atoms with Gasteiger partial charge in [0.15, 0.2) is 5.78 Å². The molecule has 146 valence electrons. The minimum atomic E-state index is 0. The SMILES string of the molecule is CCCN(C(=O)CCCOc1cccc(C(C)=O)c1)C1CCNCC1.Cl. The summed E-state index contributed by atoms with van der Waals surface area (Å²) in [6.07, 6.45) is 4.27. The van der Waals surface area contributed by atoms with Crippen LogP contribution < -0.4 is 10.1 Å². The molecule has 0 spiro atoms. The van der Waals surface area contributed by atoms with Gasteiger partial charge in [-0.2, -0.15) is 0 Å². The fourth-order valence-electron chi connectivity index (χ4n) is 3.23. The standard InChI is InChI=1S/C20H30N2O3.ClH/c1-3-13-22(18-9-11-21-12-10-18)20(24)8-5-14-25-19-7-4-6-17(15-19)16(2)23;/h4,6-7,15,18,21H,3,5,8-14H2,1-2H3;1H. The Labute approximate surface area is 162 Å². The predicted molar refractivity (Wildman–Crippen MR) is 106 cm³/mol. The van der Waals surface area contributed by atoms with E-state index in [0.29, 0.717) is 36.8 Å². The number of nitrogens with zero attached hydrogens (tertiary/aromatic N) is 1. The Hall–Kier alpha value is -1.59. The Morgan fingerprint density at radius 2 is 2.00 bits per heavy atom. The molecule has 26 heavy (non-hydrogen) atoms. The number of Topliss-reactive ketones (excluding diaryl/α,β-unsaturated/α-hetero) is 1. The van der Waals surface area contributed by atoms with Crippen LogP contribution in [0.1, 0.15) is 56.3 Å². The molecule has 1 aliphatic heterocycles. The normalized spacial score (nSPS) is 14.4. The summed E-state index contributed by atoms with van der Waals surface area (Å²) < 4.78 is 5.70. The zero-order chi connectivity index (χ0) is 18.1. The van der Waals surface area contributed by atoms with Gasteiger partial charge in [-0.15, -0.1) is 12.4 Å². The van der Waals surface area contributed by atoms with Gasteiger partial charge in [0.05, 0.1) is 6.61 Å². The molecule has 0 aromatic heterocycles. The van der Waals surface area contributed by atoms with Crippen molar-refractivity contribution in [2.24, 2.45) is 0 Å². The van der Waals surface area contributed by atoms with Crippen LogP contribution in [0.2, 0.25) is 0 Å². The molecule has 0 atom stereocenters. The summed E-state index contributed by atoms with van der Waals surface area (Å²) in [6, 6.07) is 7.56. The first-order valence-corrected chi connectivity index (χ1v) is 9.35. The van der Waals surface area contributed by atoms with Crippen molar-refractivity contribution in [3.05, 3.63) is 29.8 Å². The Morgan fingerprint density at radius 1 is 1.27 bits per heavy atom. The van der Waals surface area contributed by atoms with Crippen molar-refractivity contribution in [1.82, 2.24) is 10.2 Å². The van der Waals surface area contributed by atoms with Gasteiger partial charge in [0.2, 0.25) is 5.91 Å². The number of piperidine rings is 1. The van der Waals surface area contributed by atoms with Gasteiger partial charge in [-0.1, -0.05) is 19.1 Å². The van der Waals surface area contributed by atoms with Gasteiger partial charge in [-0.25, -0.2) is 0 Å². The number of hydrogen-bond acceptors (Lipinski definition) is 4. The topological polar surface area (TPSA) is 58.6 Å². The van der Waals surface area contributed by atoms with Crippen molar-refractivity contribution < 1.29 is 14.3 Å². The van der Waals surface area contributed by atoms with E-state index in [1.807, 2.05) is 12.1 Å². The smallest absolute Gasteiger partial charge is 0.222 e. The number of benzene rings is 1. The van der Waals surface area contributed by atoms with Crippen molar-refractivity contribution in [3.63, 3.8) is 0 Å². The van der Waals surface area contributed by atoms with Crippen molar-refractivity contribution in [2.75, 3.05) is 26.2 Å². The van der Waals surface area contributed by atoms with Gasteiger partial charge in [0, 0.05) is 24.6 Å². The number of amides is 1. The second-order valence-electron chi connectivity index (χ2n) is 6.60. The first-order chi connectivity index (χ1) is 12.1. The Morgan fingerprint density at radius 3 is 2.65 bits per heavy atom. The monoisotopic (exact) mass is 382 g/mol. The maximum Gasteiger partial charge on any atom is 0.222 e. The molecule has 6 heteroatoms. The Balaban J connectivity index is 0.00000338. The molecular formula is C20H31ClN2O3. The van der Waals surface area contributed by atoms with Crippen molar-refractivity contribution in [2.45, 2.75) is 52.0 Å². The molecule has 0 radical (unpaired) electrons. The number of ether oxygens (including phenoxy) is 1. The highest BCUT2D eigenvalue weighted by Crippen LogP contribution is 2.16. The molecule has 0 aliphatic carbocycles. The zero-order valence-corrected chi connectivity index (χ0v) is 16.6. The Kier molecular flexibility index (Phi) is 10.3. The van der Waals surface area contributed by atoms with E-state index in [1.165, 1.54) is 0 Å². The molecule has 1 amide bonds. The van der Waals surface area contributed by atoms with Crippen LogP contribution in [0.4, 0.5) is 0 Å². The highest BCUT2D eigenvalue weighted by atomic mass is 35.5. The summed E-state index contributed by atoms with van der Waals surface area (Å²) in [5.41, 5.74) is 0.647. The van der Waals surface area contributed by atoms with Crippen LogP contribution in [0.25, 0.3) is 0 Å². The lowest BCUT2D eigenvalue weighted by Crippen LogP contribution is -2.46. The lowest BCUT2D eigenvalue weighted by molar-refractivity contribution is -0.134. The van der Waals surface area contributed by atoms with Crippen LogP contribution >= 0.6 is 12.4 Å². The third-order valence-electron chi connectivity index (χ3n) is 4.58. The maximum atomic E-state index is 12.6. The van der Waals surface area contributed by atoms with E-state index in [4.69, 9.17) is 4.74 Å². The summed E-state index contributed by atoms with van der Waals surface area (Å²) >= 11 is 0. The number of ketones is 1. The van der Waals surface area contributed by atoms with E-state index in [9.17, 15) is 9.59 Å². The van der Waals surface area contributed by atoms with E-state index >= 15 is 0 Å². The molecule has 0 unspecified atom stereocenters. The highest BCUT2D eigenvalue weighted by Gasteiger charge is 2.24. The zero-order valence-electron chi connectivity index (χ0n) is 15.8. The molecule has 1 saturated heterocycles. The number of hydrogen-bond donors (Lipinski definition) is 1. The van der Waals surface area contributed by atoms with E-state index in [1.54, 1.807) is 19.1 Å². The largest absolute Gasteiger partial charge is 0.494 e. The second-order valence-corrected chi connectivity index (χ2v) is 6.60. The molecule has 1 aliphatic rings. The molecule has 0 saturated carbocycles. The summed E-state index contributed by atoms with van der Waals surface area (Å²) in [4.78, 5) is 26.1. The predicted octanol–water partition coefficient (Wildman–Crippen LogP) is 3.46. The molecular weight excluding hydrogens is 352 g/mol. The average Bonchev–Trinajstić information content (AvgIpc) is 2.64. The third kappa shape index (κ3) is 6.96.